The maximum absolute atomic E-state index is 13.6. The van der Waals surface area contributed by atoms with Crippen LogP contribution in [0.1, 0.15) is 33.1 Å². The van der Waals surface area contributed by atoms with Crippen molar-refractivity contribution >= 4 is 41.1 Å². The lowest BCUT2D eigenvalue weighted by Crippen LogP contribution is -2.44. The van der Waals surface area contributed by atoms with Gasteiger partial charge in [-0.2, -0.15) is 0 Å². The van der Waals surface area contributed by atoms with Crippen LogP contribution in [0.15, 0.2) is 18.2 Å². The summed E-state index contributed by atoms with van der Waals surface area (Å²) in [6.07, 6.45) is 2.04. The molecule has 0 bridgehead atoms. The molecular weight excluding hydrogens is 393 g/mol. The number of unbranched alkanes of at least 4 members (excludes halogenated alkanes) is 1. The summed E-state index contributed by atoms with van der Waals surface area (Å²) >= 11 is 5.73. The topological polar surface area (TPSA) is 105 Å². The van der Waals surface area contributed by atoms with Crippen molar-refractivity contribution in [1.82, 2.24) is 10.2 Å². The molecule has 0 unspecified atom stereocenters. The third kappa shape index (κ3) is 5.19. The summed E-state index contributed by atoms with van der Waals surface area (Å²) in [6.45, 7) is 2.23. The van der Waals surface area contributed by atoms with E-state index in [4.69, 9.17) is 16.3 Å². The van der Waals surface area contributed by atoms with E-state index in [1.165, 1.54) is 12.1 Å². The normalized spacial score (nSPS) is 18.8. The molecule has 28 heavy (non-hydrogen) atoms. The van der Waals surface area contributed by atoms with Gasteiger partial charge in [0.25, 0.3) is 11.8 Å². The Labute approximate surface area is 166 Å². The van der Waals surface area contributed by atoms with E-state index >= 15 is 0 Å². The van der Waals surface area contributed by atoms with Crippen LogP contribution < -0.4 is 10.6 Å². The van der Waals surface area contributed by atoms with Gasteiger partial charge in [0.05, 0.1) is 5.69 Å². The van der Waals surface area contributed by atoms with Crippen molar-refractivity contribution < 1.29 is 28.3 Å². The van der Waals surface area contributed by atoms with E-state index in [1.807, 2.05) is 6.92 Å². The van der Waals surface area contributed by atoms with Crippen molar-refractivity contribution in [3.05, 3.63) is 29.0 Å². The number of esters is 1. The van der Waals surface area contributed by atoms with Gasteiger partial charge in [0, 0.05) is 5.02 Å². The van der Waals surface area contributed by atoms with E-state index in [0.717, 1.165) is 23.8 Å². The summed E-state index contributed by atoms with van der Waals surface area (Å²) in [7, 11) is 0. The molecular formula is C18H21ClFN3O5. The van der Waals surface area contributed by atoms with Crippen LogP contribution >= 0.6 is 11.6 Å². The Balaban J connectivity index is 1.86. The predicted octanol–water partition coefficient (Wildman–Crippen LogP) is 2.46. The van der Waals surface area contributed by atoms with Crippen LogP contribution in [-0.4, -0.2) is 47.4 Å². The number of carbonyl (C=O) groups is 4. The number of amides is 4. The van der Waals surface area contributed by atoms with Crippen LogP contribution in [0.3, 0.4) is 0 Å². The van der Waals surface area contributed by atoms with Gasteiger partial charge in [0.15, 0.2) is 6.61 Å². The van der Waals surface area contributed by atoms with E-state index in [0.29, 0.717) is 6.42 Å². The third-order valence-corrected chi connectivity index (χ3v) is 4.46. The van der Waals surface area contributed by atoms with Crippen LogP contribution in [0.4, 0.5) is 14.9 Å². The number of halogens is 2. The fraction of sp³-hybridized carbons (Fsp3) is 0.444. The predicted molar refractivity (Wildman–Crippen MR) is 99.2 cm³/mol. The molecule has 0 spiro atoms. The van der Waals surface area contributed by atoms with E-state index in [9.17, 15) is 23.6 Å². The number of anilines is 1. The number of hydrogen-bond donors (Lipinski definition) is 2. The molecule has 1 heterocycles. The van der Waals surface area contributed by atoms with Gasteiger partial charge in [-0.15, -0.1) is 0 Å². The molecule has 8 nitrogen and oxygen atoms in total. The molecule has 152 valence electrons. The first-order chi connectivity index (χ1) is 13.2. The molecule has 4 amide bonds. The summed E-state index contributed by atoms with van der Waals surface area (Å²) in [5, 5.41) is 5.01. The van der Waals surface area contributed by atoms with E-state index in [1.54, 1.807) is 6.92 Å². The molecule has 1 aromatic rings. The molecule has 1 fully saturated rings. The lowest BCUT2D eigenvalue weighted by Gasteiger charge is -2.21. The molecule has 1 aliphatic rings. The Morgan fingerprint density at radius 1 is 1.36 bits per heavy atom. The fourth-order valence-electron chi connectivity index (χ4n) is 2.69. The van der Waals surface area contributed by atoms with Gasteiger partial charge < -0.3 is 15.4 Å². The number of ether oxygens (including phenoxy) is 1. The Kier molecular flexibility index (Phi) is 6.95. The molecule has 1 atom stereocenters. The standard InChI is InChI=1S/C18H21ClFN3O5/c1-3-4-7-18(2)16(26)23(17(27)22-18)9-15(25)28-10-14(24)21-13-8-11(19)5-6-12(13)20/h5-6,8H,3-4,7,9-10H2,1-2H3,(H,21,24)(H,22,27)/t18-/m1/s1. The lowest BCUT2D eigenvalue weighted by molar-refractivity contribution is -0.150. The monoisotopic (exact) mass is 413 g/mol. The van der Waals surface area contributed by atoms with Crippen molar-refractivity contribution in [2.24, 2.45) is 0 Å². The van der Waals surface area contributed by atoms with Crippen molar-refractivity contribution in [3.8, 4) is 0 Å². The first-order valence-corrected chi connectivity index (χ1v) is 9.08. The maximum Gasteiger partial charge on any atom is 0.326 e. The minimum atomic E-state index is -1.06. The Morgan fingerprint density at radius 3 is 2.75 bits per heavy atom. The van der Waals surface area contributed by atoms with Gasteiger partial charge >= 0.3 is 12.0 Å². The average molecular weight is 414 g/mol. The number of nitrogens with one attached hydrogen (secondary N) is 2. The summed E-state index contributed by atoms with van der Waals surface area (Å²) in [6, 6.07) is 2.92. The summed E-state index contributed by atoms with van der Waals surface area (Å²) < 4.78 is 18.4. The van der Waals surface area contributed by atoms with Crippen molar-refractivity contribution in [2.45, 2.75) is 38.6 Å². The van der Waals surface area contributed by atoms with Crippen LogP contribution in [-0.2, 0) is 19.1 Å². The van der Waals surface area contributed by atoms with Crippen LogP contribution in [0.25, 0.3) is 0 Å². The first kappa shape index (κ1) is 21.6. The van der Waals surface area contributed by atoms with Gasteiger partial charge in [-0.25, -0.2) is 9.18 Å². The summed E-state index contributed by atoms with van der Waals surface area (Å²) in [5.74, 6) is -2.95. The Morgan fingerprint density at radius 2 is 2.07 bits per heavy atom. The number of imide groups is 1. The van der Waals surface area contributed by atoms with Gasteiger partial charge in [-0.05, 0) is 31.5 Å². The number of hydrogen-bond acceptors (Lipinski definition) is 5. The van der Waals surface area contributed by atoms with Crippen LogP contribution in [0.2, 0.25) is 5.02 Å². The molecule has 2 N–H and O–H groups in total. The Bertz CT molecular complexity index is 803. The number of benzene rings is 1. The van der Waals surface area contributed by atoms with E-state index in [2.05, 4.69) is 10.6 Å². The first-order valence-electron chi connectivity index (χ1n) is 8.71. The zero-order chi connectivity index (χ0) is 20.9. The second kappa shape index (κ2) is 9.01. The highest BCUT2D eigenvalue weighted by Crippen LogP contribution is 2.23. The third-order valence-electron chi connectivity index (χ3n) is 4.23. The number of urea groups is 1. The molecule has 1 saturated heterocycles. The van der Waals surface area contributed by atoms with Crippen LogP contribution in [0.5, 0.6) is 0 Å². The zero-order valence-electron chi connectivity index (χ0n) is 15.5. The maximum atomic E-state index is 13.6. The van der Waals surface area contributed by atoms with Crippen molar-refractivity contribution in [2.75, 3.05) is 18.5 Å². The van der Waals surface area contributed by atoms with E-state index in [-0.39, 0.29) is 10.7 Å². The Hall–Kier alpha value is -2.68. The largest absolute Gasteiger partial charge is 0.454 e. The number of nitrogens with zero attached hydrogens (tertiary/aromatic N) is 1. The van der Waals surface area contributed by atoms with Gasteiger partial charge in [-0.1, -0.05) is 31.4 Å². The van der Waals surface area contributed by atoms with Gasteiger partial charge in [0.2, 0.25) is 0 Å². The molecule has 0 saturated carbocycles. The van der Waals surface area contributed by atoms with Crippen molar-refractivity contribution in [1.29, 1.82) is 0 Å². The smallest absolute Gasteiger partial charge is 0.326 e. The SMILES string of the molecule is CCCC[C@@]1(C)NC(=O)N(CC(=O)OCC(=O)Nc2cc(Cl)ccc2F)C1=O. The molecule has 10 heteroatoms. The highest BCUT2D eigenvalue weighted by atomic mass is 35.5. The quantitative estimate of drug-likeness (QED) is 0.503. The lowest BCUT2D eigenvalue weighted by atomic mass is 9.95. The molecule has 0 aliphatic carbocycles. The molecule has 1 aliphatic heterocycles. The highest BCUT2D eigenvalue weighted by molar-refractivity contribution is 6.30. The second-order valence-electron chi connectivity index (χ2n) is 6.59. The highest BCUT2D eigenvalue weighted by Gasteiger charge is 2.47. The molecule has 0 aromatic heterocycles. The fourth-order valence-corrected chi connectivity index (χ4v) is 2.86. The number of carbonyl (C=O) groups excluding carboxylic acids is 4. The molecule has 0 radical (unpaired) electrons. The van der Waals surface area contributed by atoms with Gasteiger partial charge in [-0.3, -0.25) is 19.3 Å². The van der Waals surface area contributed by atoms with Gasteiger partial charge in [0.1, 0.15) is 17.9 Å². The zero-order valence-corrected chi connectivity index (χ0v) is 16.3. The molecule has 2 rings (SSSR count). The summed E-state index contributed by atoms with van der Waals surface area (Å²) in [4.78, 5) is 48.9. The molecule has 1 aromatic carbocycles. The van der Waals surface area contributed by atoms with Crippen molar-refractivity contribution in [3.63, 3.8) is 0 Å². The number of rotatable bonds is 8. The van der Waals surface area contributed by atoms with Crippen LogP contribution in [0, 0.1) is 5.82 Å². The van der Waals surface area contributed by atoms with E-state index < -0.39 is 48.3 Å². The average Bonchev–Trinajstić information content (AvgIpc) is 2.85. The minimum absolute atomic E-state index is 0.158. The second-order valence-corrected chi connectivity index (χ2v) is 7.03. The summed E-state index contributed by atoms with van der Waals surface area (Å²) in [5.41, 5.74) is -1.22. The minimum Gasteiger partial charge on any atom is -0.454 e.